The number of nitro benzene ring substituents is 1. The largest absolute Gasteiger partial charge is 0.287 e. The molecule has 0 aliphatic heterocycles. The van der Waals surface area contributed by atoms with E-state index in [9.17, 15) is 14.9 Å². The molecule has 0 fully saturated rings. The van der Waals surface area contributed by atoms with E-state index in [0.717, 1.165) is 44.6 Å². The maximum absolute atomic E-state index is 14.0. The number of aliphatic imine (C=N–C) groups is 1. The van der Waals surface area contributed by atoms with Gasteiger partial charge >= 0.3 is 0 Å². The summed E-state index contributed by atoms with van der Waals surface area (Å²) < 4.78 is 0. The molecule has 0 heterocycles. The van der Waals surface area contributed by atoms with E-state index >= 15 is 0 Å². The number of aryl methyl sites for hydroxylation is 5. The van der Waals surface area contributed by atoms with Crippen LogP contribution < -0.4 is 0 Å². The number of nitro groups is 1. The highest BCUT2D eigenvalue weighted by molar-refractivity contribution is 6.45. The lowest BCUT2D eigenvalue weighted by Gasteiger charge is -2.27. The quantitative estimate of drug-likeness (QED) is 0.0479. The fraction of sp³-hybridized carbons (Fsp3) is 0.174. The maximum Gasteiger partial charge on any atom is 0.269 e. The van der Waals surface area contributed by atoms with E-state index in [1.54, 1.807) is 6.92 Å². The third-order valence-corrected chi connectivity index (χ3v) is 9.53. The molecule has 0 radical (unpaired) electrons. The first kappa shape index (κ1) is 34.9. The van der Waals surface area contributed by atoms with Crippen LogP contribution in [0.15, 0.2) is 138 Å². The van der Waals surface area contributed by atoms with Crippen molar-refractivity contribution in [3.05, 3.63) is 210 Å². The summed E-state index contributed by atoms with van der Waals surface area (Å²) in [4.78, 5) is 30.1. The SMILES string of the molecule is CC(=Nc1c(C(c2ccc(C)cc2)c2ccc(C)cc2)cc(C)cc1C(c1ccc(C)cc1)c1ccc(C)cc1)C(=O)c1ccc([N+](=O)[O-])cc1. The van der Waals surface area contributed by atoms with Crippen molar-refractivity contribution in [1.29, 1.82) is 0 Å². The van der Waals surface area contributed by atoms with Crippen molar-refractivity contribution in [2.75, 3.05) is 0 Å². The first-order valence-electron chi connectivity index (χ1n) is 17.2. The minimum absolute atomic E-state index is 0.0673. The van der Waals surface area contributed by atoms with Crippen molar-refractivity contribution in [1.82, 2.24) is 0 Å². The van der Waals surface area contributed by atoms with Crippen molar-refractivity contribution < 1.29 is 9.72 Å². The van der Waals surface area contributed by atoms with E-state index < -0.39 is 4.92 Å². The fourth-order valence-corrected chi connectivity index (χ4v) is 6.71. The molecule has 0 unspecified atom stereocenters. The highest BCUT2D eigenvalue weighted by atomic mass is 16.6. The Hall–Kier alpha value is -5.94. The summed E-state index contributed by atoms with van der Waals surface area (Å²) in [6.45, 7) is 12.2. The Morgan fingerprint density at radius 3 is 1.18 bits per heavy atom. The number of nitrogens with zero attached hydrogens (tertiary/aromatic N) is 2. The van der Waals surface area contributed by atoms with Crippen LogP contribution in [0.1, 0.15) is 90.3 Å². The third kappa shape index (κ3) is 7.79. The van der Waals surface area contributed by atoms with Gasteiger partial charge < -0.3 is 0 Å². The Balaban J connectivity index is 1.66. The Bertz CT molecular complexity index is 2010. The van der Waals surface area contributed by atoms with Gasteiger partial charge in [-0.1, -0.05) is 137 Å². The van der Waals surface area contributed by atoms with Crippen molar-refractivity contribution in [3.8, 4) is 0 Å². The Morgan fingerprint density at radius 1 is 0.529 bits per heavy atom. The Labute approximate surface area is 300 Å². The summed E-state index contributed by atoms with van der Waals surface area (Å²) in [5.74, 6) is -0.642. The van der Waals surface area contributed by atoms with Crippen LogP contribution in [-0.4, -0.2) is 16.4 Å². The van der Waals surface area contributed by atoms with Gasteiger partial charge in [0.25, 0.3) is 5.69 Å². The standard InChI is InChI=1S/C46H42N2O3/c1-29-7-15-35(16-8-29)43(36-17-9-30(2)10-18-36)41-27-33(5)28-42(44(37-19-11-31(3)12-20-37)38-21-13-32(4)14-22-38)45(41)47-34(6)46(49)39-23-25-40(26-24-39)48(50)51/h7-28,43-44H,1-6H3. The molecule has 0 aliphatic carbocycles. The van der Waals surface area contributed by atoms with Gasteiger partial charge in [-0.3, -0.25) is 14.9 Å². The molecule has 254 valence electrons. The van der Waals surface area contributed by atoms with Crippen LogP contribution in [0.5, 0.6) is 0 Å². The predicted octanol–water partition coefficient (Wildman–Crippen LogP) is 11.5. The molecule has 6 aromatic carbocycles. The van der Waals surface area contributed by atoms with Crippen molar-refractivity contribution in [2.24, 2.45) is 4.99 Å². The first-order chi connectivity index (χ1) is 24.5. The second-order valence-electron chi connectivity index (χ2n) is 13.6. The molecule has 0 spiro atoms. The number of rotatable bonds is 10. The molecule has 0 amide bonds. The van der Waals surface area contributed by atoms with Crippen LogP contribution in [0.25, 0.3) is 0 Å². The lowest BCUT2D eigenvalue weighted by atomic mass is 9.78. The monoisotopic (exact) mass is 670 g/mol. The van der Waals surface area contributed by atoms with Gasteiger partial charge in [0.1, 0.15) is 0 Å². The van der Waals surface area contributed by atoms with Gasteiger partial charge in [-0.05, 0) is 87.1 Å². The number of benzene rings is 6. The van der Waals surface area contributed by atoms with Gasteiger partial charge in [0.15, 0.2) is 0 Å². The summed E-state index contributed by atoms with van der Waals surface area (Å²) in [7, 11) is 0. The summed E-state index contributed by atoms with van der Waals surface area (Å²) in [6, 6.07) is 44.7. The minimum Gasteiger partial charge on any atom is -0.287 e. The number of carbonyl (C=O) groups excluding carboxylic acids is 1. The zero-order valence-electron chi connectivity index (χ0n) is 30.0. The second kappa shape index (κ2) is 14.9. The van der Waals surface area contributed by atoms with E-state index in [2.05, 4.69) is 144 Å². The van der Waals surface area contributed by atoms with Gasteiger partial charge in [-0.25, -0.2) is 4.99 Å². The molecule has 6 aromatic rings. The molecule has 5 nitrogen and oxygen atoms in total. The van der Waals surface area contributed by atoms with Gasteiger partial charge in [-0.15, -0.1) is 0 Å². The molecule has 0 bridgehead atoms. The van der Waals surface area contributed by atoms with Gasteiger partial charge in [0.2, 0.25) is 5.78 Å². The van der Waals surface area contributed by atoms with Crippen molar-refractivity contribution in [2.45, 2.75) is 53.4 Å². The van der Waals surface area contributed by atoms with Crippen molar-refractivity contribution >= 4 is 22.9 Å². The summed E-state index contributed by atoms with van der Waals surface area (Å²) in [5.41, 5.74) is 13.6. The average molecular weight is 671 g/mol. The van der Waals surface area contributed by atoms with Gasteiger partial charge in [0.05, 0.1) is 16.3 Å². The molecule has 5 heteroatoms. The zero-order chi connectivity index (χ0) is 36.2. The molecule has 0 saturated heterocycles. The number of Topliss-reactive ketones (excluding diaryl/α,β-unsaturated/α-hetero) is 1. The lowest BCUT2D eigenvalue weighted by molar-refractivity contribution is -0.384. The van der Waals surface area contributed by atoms with Crippen LogP contribution in [0.2, 0.25) is 0 Å². The number of ketones is 1. The molecule has 51 heavy (non-hydrogen) atoms. The van der Waals surface area contributed by atoms with Gasteiger partial charge in [-0.2, -0.15) is 0 Å². The number of hydrogen-bond acceptors (Lipinski definition) is 4. The van der Waals surface area contributed by atoms with Crippen LogP contribution in [0.3, 0.4) is 0 Å². The lowest BCUT2D eigenvalue weighted by Crippen LogP contribution is -2.13. The normalized spacial score (nSPS) is 11.6. The summed E-state index contributed by atoms with van der Waals surface area (Å²) in [6.07, 6.45) is 0. The fourth-order valence-electron chi connectivity index (χ4n) is 6.71. The topological polar surface area (TPSA) is 72.6 Å². The predicted molar refractivity (Wildman–Crippen MR) is 208 cm³/mol. The Kier molecular flexibility index (Phi) is 10.2. The molecule has 0 aromatic heterocycles. The van der Waals surface area contributed by atoms with Crippen LogP contribution in [0, 0.1) is 44.7 Å². The van der Waals surface area contributed by atoms with E-state index in [4.69, 9.17) is 4.99 Å². The molecule has 0 atom stereocenters. The van der Waals surface area contributed by atoms with E-state index in [1.165, 1.54) is 46.5 Å². The Morgan fingerprint density at radius 2 is 0.863 bits per heavy atom. The molecule has 0 aliphatic rings. The highest BCUT2D eigenvalue weighted by Crippen LogP contribution is 2.45. The van der Waals surface area contributed by atoms with Crippen LogP contribution in [-0.2, 0) is 0 Å². The average Bonchev–Trinajstić information content (AvgIpc) is 3.12. The molecule has 0 N–H and O–H groups in total. The van der Waals surface area contributed by atoms with Gasteiger partial charge in [0, 0.05) is 29.5 Å². The van der Waals surface area contributed by atoms with E-state index in [-0.39, 0.29) is 23.3 Å². The van der Waals surface area contributed by atoms with Crippen LogP contribution >= 0.6 is 0 Å². The third-order valence-electron chi connectivity index (χ3n) is 9.53. The van der Waals surface area contributed by atoms with E-state index in [1.807, 2.05) is 0 Å². The number of non-ortho nitro benzene ring substituents is 1. The molecular formula is C46H42N2O3. The zero-order valence-corrected chi connectivity index (χ0v) is 30.0. The van der Waals surface area contributed by atoms with E-state index in [0.29, 0.717) is 11.3 Å². The molecule has 6 rings (SSSR count). The summed E-state index contributed by atoms with van der Waals surface area (Å²) in [5, 5.41) is 11.3. The highest BCUT2D eigenvalue weighted by Gasteiger charge is 2.28. The minimum atomic E-state index is -0.466. The van der Waals surface area contributed by atoms with Crippen LogP contribution in [0.4, 0.5) is 11.4 Å². The molecule has 0 saturated carbocycles. The maximum atomic E-state index is 14.0. The second-order valence-corrected chi connectivity index (χ2v) is 13.6. The summed E-state index contributed by atoms with van der Waals surface area (Å²) >= 11 is 0. The molecular weight excluding hydrogens is 629 g/mol. The smallest absolute Gasteiger partial charge is 0.269 e. The number of carbonyl (C=O) groups is 1. The number of hydrogen-bond donors (Lipinski definition) is 0. The first-order valence-corrected chi connectivity index (χ1v) is 17.2. The van der Waals surface area contributed by atoms with Crippen molar-refractivity contribution in [3.63, 3.8) is 0 Å².